The fourth-order valence-electron chi connectivity index (χ4n) is 0.911. The molecular weight excluding hydrogens is 154 g/mol. The molecule has 0 aliphatic rings. The van der Waals surface area contributed by atoms with Crippen molar-refractivity contribution >= 4 is 12.6 Å². The molecule has 1 aromatic rings. The minimum atomic E-state index is 0. The molecule has 0 heterocycles. The van der Waals surface area contributed by atoms with E-state index in [1.807, 2.05) is 18.2 Å². The van der Waals surface area contributed by atoms with Gasteiger partial charge < -0.3 is 12.6 Å². The summed E-state index contributed by atoms with van der Waals surface area (Å²) in [6.07, 6.45) is 0.967. The first-order valence-electron chi connectivity index (χ1n) is 3.32. The molecule has 54 valence electrons. The SMILES string of the molecule is [CH2-]c1ccccc1CC[S-].[Li+].[Li+]. The summed E-state index contributed by atoms with van der Waals surface area (Å²) in [6.45, 7) is 3.89. The van der Waals surface area contributed by atoms with Gasteiger partial charge in [-0.1, -0.05) is 12.5 Å². The first-order chi connectivity index (χ1) is 4.84. The van der Waals surface area contributed by atoms with Crippen molar-refractivity contribution in [3.05, 3.63) is 42.3 Å². The van der Waals surface area contributed by atoms with Crippen LogP contribution in [0.4, 0.5) is 0 Å². The zero-order chi connectivity index (χ0) is 7.40. The van der Waals surface area contributed by atoms with E-state index in [1.54, 1.807) is 0 Å². The third kappa shape index (κ3) is 4.61. The molecule has 0 radical (unpaired) electrons. The molecular formula is C9H10Li2S. The Hall–Kier alpha value is 0.635. The van der Waals surface area contributed by atoms with Gasteiger partial charge in [0.15, 0.2) is 0 Å². The van der Waals surface area contributed by atoms with Crippen LogP contribution in [0.3, 0.4) is 0 Å². The van der Waals surface area contributed by atoms with Crippen LogP contribution in [-0.2, 0) is 19.0 Å². The van der Waals surface area contributed by atoms with Gasteiger partial charge in [-0.15, -0.1) is 12.1 Å². The summed E-state index contributed by atoms with van der Waals surface area (Å²) < 4.78 is 0. The van der Waals surface area contributed by atoms with E-state index in [4.69, 9.17) is 12.6 Å². The molecule has 0 nitrogen and oxygen atoms in total. The Morgan fingerprint density at radius 1 is 1.17 bits per heavy atom. The van der Waals surface area contributed by atoms with E-state index in [9.17, 15) is 0 Å². The normalized spacial score (nSPS) is 8.08. The van der Waals surface area contributed by atoms with Gasteiger partial charge in [0.2, 0.25) is 0 Å². The first kappa shape index (κ1) is 15.1. The first-order valence-corrected chi connectivity index (χ1v) is 3.90. The molecule has 0 aliphatic carbocycles. The van der Waals surface area contributed by atoms with Crippen LogP contribution >= 0.6 is 0 Å². The molecule has 12 heavy (non-hydrogen) atoms. The molecule has 0 N–H and O–H groups in total. The zero-order valence-electron chi connectivity index (χ0n) is 7.84. The molecule has 0 fully saturated rings. The minimum absolute atomic E-state index is 0. The zero-order valence-corrected chi connectivity index (χ0v) is 8.66. The summed E-state index contributed by atoms with van der Waals surface area (Å²) in [4.78, 5) is 0. The van der Waals surface area contributed by atoms with Crippen LogP contribution in [0.1, 0.15) is 11.1 Å². The Labute approximate surface area is 104 Å². The van der Waals surface area contributed by atoms with E-state index >= 15 is 0 Å². The van der Waals surface area contributed by atoms with Gasteiger partial charge in [0.1, 0.15) is 0 Å². The second-order valence-corrected chi connectivity index (χ2v) is 2.63. The average Bonchev–Trinajstić information content (AvgIpc) is 1.94. The van der Waals surface area contributed by atoms with Crippen LogP contribution in [0.5, 0.6) is 0 Å². The summed E-state index contributed by atoms with van der Waals surface area (Å²) in [7, 11) is 0. The fourth-order valence-corrected chi connectivity index (χ4v) is 1.13. The predicted molar refractivity (Wildman–Crippen MR) is 46.8 cm³/mol. The van der Waals surface area contributed by atoms with Gasteiger partial charge in [-0.05, 0) is 0 Å². The Morgan fingerprint density at radius 3 is 2.25 bits per heavy atom. The standard InChI is InChI=1S/C9H11S.2Li/c1-8-4-2-3-5-9(8)6-7-10;;/h2-5,10H,1,6-7H2;;/q-1;2*+1/p-1. The quantitative estimate of drug-likeness (QED) is 0.244. The molecule has 3 heteroatoms. The van der Waals surface area contributed by atoms with E-state index in [2.05, 4.69) is 13.0 Å². The maximum Gasteiger partial charge on any atom is 1.00 e. The molecule has 0 spiro atoms. The number of rotatable bonds is 2. The maximum atomic E-state index is 4.87. The maximum absolute atomic E-state index is 4.87. The molecule has 1 aromatic carbocycles. The van der Waals surface area contributed by atoms with E-state index < -0.39 is 0 Å². The van der Waals surface area contributed by atoms with E-state index in [1.165, 1.54) is 5.56 Å². The minimum Gasteiger partial charge on any atom is -0.793 e. The molecule has 0 saturated carbocycles. The topological polar surface area (TPSA) is 0 Å². The third-order valence-corrected chi connectivity index (χ3v) is 1.69. The Bertz CT molecular complexity index is 213. The molecule has 0 atom stereocenters. The second-order valence-electron chi connectivity index (χ2n) is 2.22. The number of aryl methyl sites for hydroxylation is 1. The van der Waals surface area contributed by atoms with E-state index in [0.717, 1.165) is 17.7 Å². The van der Waals surface area contributed by atoms with Crippen molar-refractivity contribution in [2.45, 2.75) is 6.42 Å². The van der Waals surface area contributed by atoms with Crippen molar-refractivity contribution in [2.75, 3.05) is 5.75 Å². The Kier molecular flexibility index (Phi) is 10.4. The van der Waals surface area contributed by atoms with Gasteiger partial charge in [0, 0.05) is 0 Å². The van der Waals surface area contributed by atoms with Crippen molar-refractivity contribution in [1.29, 1.82) is 0 Å². The summed E-state index contributed by atoms with van der Waals surface area (Å²) >= 11 is 4.87. The van der Waals surface area contributed by atoms with Gasteiger partial charge in [0.05, 0.1) is 0 Å². The van der Waals surface area contributed by atoms with Crippen LogP contribution in [0.15, 0.2) is 24.3 Å². The van der Waals surface area contributed by atoms with Gasteiger partial charge in [-0.3, -0.25) is 0 Å². The predicted octanol–water partition coefficient (Wildman–Crippen LogP) is -4.03. The van der Waals surface area contributed by atoms with Gasteiger partial charge in [0.25, 0.3) is 0 Å². The van der Waals surface area contributed by atoms with Crippen LogP contribution in [-0.4, -0.2) is 5.75 Å². The molecule has 0 aliphatic heterocycles. The third-order valence-electron chi connectivity index (χ3n) is 1.49. The monoisotopic (exact) mass is 164 g/mol. The molecule has 0 saturated heterocycles. The largest absolute Gasteiger partial charge is 1.00 e. The summed E-state index contributed by atoms with van der Waals surface area (Å²) in [5.41, 5.74) is 2.38. The van der Waals surface area contributed by atoms with Crippen molar-refractivity contribution in [3.63, 3.8) is 0 Å². The average molecular weight is 164 g/mol. The molecule has 0 aromatic heterocycles. The smallest absolute Gasteiger partial charge is 0.793 e. The summed E-state index contributed by atoms with van der Waals surface area (Å²) in [5.74, 6) is 0.784. The van der Waals surface area contributed by atoms with E-state index in [0.29, 0.717) is 0 Å². The van der Waals surface area contributed by atoms with Crippen LogP contribution in [0, 0.1) is 6.92 Å². The Morgan fingerprint density at radius 2 is 1.75 bits per heavy atom. The molecule has 0 unspecified atom stereocenters. The Balaban J connectivity index is 0. The molecule has 1 rings (SSSR count). The van der Waals surface area contributed by atoms with Crippen LogP contribution in [0.2, 0.25) is 0 Å². The molecule has 0 bridgehead atoms. The van der Waals surface area contributed by atoms with Crippen LogP contribution < -0.4 is 37.7 Å². The van der Waals surface area contributed by atoms with E-state index in [-0.39, 0.29) is 37.7 Å². The van der Waals surface area contributed by atoms with Gasteiger partial charge in [-0.25, -0.2) is 0 Å². The number of benzene rings is 1. The fraction of sp³-hybridized carbons (Fsp3) is 0.222. The summed E-state index contributed by atoms with van der Waals surface area (Å²) in [5, 5.41) is 0. The second kappa shape index (κ2) is 8.24. The van der Waals surface area contributed by atoms with Gasteiger partial charge >= 0.3 is 37.7 Å². The van der Waals surface area contributed by atoms with Gasteiger partial charge in [-0.2, -0.15) is 29.9 Å². The van der Waals surface area contributed by atoms with Crippen molar-refractivity contribution < 1.29 is 37.7 Å². The molecule has 0 amide bonds. The van der Waals surface area contributed by atoms with Crippen molar-refractivity contribution in [3.8, 4) is 0 Å². The van der Waals surface area contributed by atoms with Crippen LogP contribution in [0.25, 0.3) is 0 Å². The van der Waals surface area contributed by atoms with Crippen molar-refractivity contribution in [1.82, 2.24) is 0 Å². The number of hydrogen-bond acceptors (Lipinski definition) is 1. The van der Waals surface area contributed by atoms with Crippen molar-refractivity contribution in [2.24, 2.45) is 0 Å². The summed E-state index contributed by atoms with van der Waals surface area (Å²) in [6, 6.07) is 8.11. The number of hydrogen-bond donors (Lipinski definition) is 0.